The fourth-order valence-electron chi connectivity index (χ4n) is 3.01. The number of halogens is 1. The summed E-state index contributed by atoms with van der Waals surface area (Å²) in [5.74, 6) is 0.441. The van der Waals surface area contributed by atoms with Crippen LogP contribution in [-0.4, -0.2) is 40.1 Å². The van der Waals surface area contributed by atoms with Crippen LogP contribution in [0, 0.1) is 5.82 Å². The monoisotopic (exact) mass is 411 g/mol. The highest BCUT2D eigenvalue weighted by molar-refractivity contribution is 5.77. The lowest BCUT2D eigenvalue weighted by atomic mass is 10.2. The van der Waals surface area contributed by atoms with Crippen molar-refractivity contribution in [3.63, 3.8) is 0 Å². The van der Waals surface area contributed by atoms with Crippen LogP contribution in [0.2, 0.25) is 0 Å². The first-order valence-electron chi connectivity index (χ1n) is 10.1. The maximum absolute atomic E-state index is 13.1. The molecule has 0 aliphatic heterocycles. The third-order valence-corrected chi connectivity index (χ3v) is 4.92. The van der Waals surface area contributed by atoms with Crippen molar-refractivity contribution in [2.24, 2.45) is 0 Å². The SMILES string of the molecule is CCC(C)N(CCc1nc(-c2ccc(F)cc2)no1)C(=O)COCc1ccccc1. The second-order valence-electron chi connectivity index (χ2n) is 7.09. The number of hydrogen-bond donors (Lipinski definition) is 0. The second-order valence-corrected chi connectivity index (χ2v) is 7.09. The summed E-state index contributed by atoms with van der Waals surface area (Å²) in [5, 5.41) is 3.95. The highest BCUT2D eigenvalue weighted by atomic mass is 19.1. The van der Waals surface area contributed by atoms with Gasteiger partial charge in [-0.05, 0) is 43.2 Å². The molecule has 30 heavy (non-hydrogen) atoms. The Morgan fingerprint density at radius 3 is 2.60 bits per heavy atom. The summed E-state index contributed by atoms with van der Waals surface area (Å²) in [6, 6.07) is 15.7. The van der Waals surface area contributed by atoms with E-state index in [2.05, 4.69) is 10.1 Å². The van der Waals surface area contributed by atoms with Crippen LogP contribution in [0.5, 0.6) is 0 Å². The summed E-state index contributed by atoms with van der Waals surface area (Å²) in [5.41, 5.74) is 1.70. The summed E-state index contributed by atoms with van der Waals surface area (Å²) < 4.78 is 24.0. The van der Waals surface area contributed by atoms with Gasteiger partial charge in [0.15, 0.2) is 0 Å². The van der Waals surface area contributed by atoms with Gasteiger partial charge in [0.25, 0.3) is 0 Å². The van der Waals surface area contributed by atoms with Gasteiger partial charge in [-0.3, -0.25) is 4.79 Å². The highest BCUT2D eigenvalue weighted by Gasteiger charge is 2.20. The Bertz CT molecular complexity index is 928. The molecule has 0 fully saturated rings. The van der Waals surface area contributed by atoms with Crippen LogP contribution >= 0.6 is 0 Å². The lowest BCUT2D eigenvalue weighted by molar-refractivity contribution is -0.138. The molecule has 0 saturated heterocycles. The van der Waals surface area contributed by atoms with E-state index in [9.17, 15) is 9.18 Å². The molecule has 0 radical (unpaired) electrons. The largest absolute Gasteiger partial charge is 0.367 e. The van der Waals surface area contributed by atoms with Gasteiger partial charge in [-0.15, -0.1) is 0 Å². The van der Waals surface area contributed by atoms with E-state index in [1.165, 1.54) is 12.1 Å². The first-order valence-corrected chi connectivity index (χ1v) is 10.1. The van der Waals surface area contributed by atoms with Crippen LogP contribution in [0.3, 0.4) is 0 Å². The van der Waals surface area contributed by atoms with Crippen molar-refractivity contribution in [3.05, 3.63) is 71.9 Å². The molecule has 2 aromatic carbocycles. The van der Waals surface area contributed by atoms with Gasteiger partial charge >= 0.3 is 0 Å². The quantitative estimate of drug-likeness (QED) is 0.499. The number of ether oxygens (including phenoxy) is 1. The molecule has 0 N–H and O–H groups in total. The van der Waals surface area contributed by atoms with E-state index in [1.807, 2.05) is 44.2 Å². The van der Waals surface area contributed by atoms with Crippen LogP contribution in [0.4, 0.5) is 4.39 Å². The van der Waals surface area contributed by atoms with Crippen LogP contribution in [-0.2, 0) is 22.6 Å². The molecule has 6 nitrogen and oxygen atoms in total. The van der Waals surface area contributed by atoms with Crippen molar-refractivity contribution in [1.82, 2.24) is 15.0 Å². The summed E-state index contributed by atoms with van der Waals surface area (Å²) in [6.45, 7) is 4.91. The number of hydrogen-bond acceptors (Lipinski definition) is 5. The standard InChI is InChI=1S/C23H26FN3O3/c1-3-17(2)27(22(28)16-29-15-18-7-5-4-6-8-18)14-13-21-25-23(26-30-21)19-9-11-20(24)12-10-19/h4-12,17H,3,13-16H2,1-2H3. The van der Waals surface area contributed by atoms with Crippen molar-refractivity contribution >= 4 is 5.91 Å². The van der Waals surface area contributed by atoms with E-state index in [-0.39, 0.29) is 24.4 Å². The number of aromatic nitrogens is 2. The lowest BCUT2D eigenvalue weighted by Gasteiger charge is -2.28. The predicted molar refractivity (Wildman–Crippen MR) is 111 cm³/mol. The van der Waals surface area contributed by atoms with Gasteiger partial charge in [-0.1, -0.05) is 42.4 Å². The van der Waals surface area contributed by atoms with Gasteiger partial charge in [0.1, 0.15) is 12.4 Å². The molecular formula is C23H26FN3O3. The van der Waals surface area contributed by atoms with Gasteiger partial charge in [-0.2, -0.15) is 4.98 Å². The average molecular weight is 411 g/mol. The van der Waals surface area contributed by atoms with Gasteiger partial charge in [0.05, 0.1) is 6.61 Å². The Hall–Kier alpha value is -3.06. The Balaban J connectivity index is 1.55. The minimum absolute atomic E-state index is 0.0178. The van der Waals surface area contributed by atoms with Gasteiger partial charge in [0.2, 0.25) is 17.6 Å². The number of carbonyl (C=O) groups excluding carboxylic acids is 1. The van der Waals surface area contributed by atoms with Crippen LogP contribution in [0.25, 0.3) is 11.4 Å². The normalized spacial score (nSPS) is 12.0. The third kappa shape index (κ3) is 5.97. The number of benzene rings is 2. The first-order chi connectivity index (χ1) is 14.6. The molecule has 7 heteroatoms. The van der Waals surface area contributed by atoms with Crippen molar-refractivity contribution in [3.8, 4) is 11.4 Å². The Kier molecular flexibility index (Phi) is 7.68. The third-order valence-electron chi connectivity index (χ3n) is 4.92. The van der Waals surface area contributed by atoms with E-state index >= 15 is 0 Å². The molecule has 3 rings (SSSR count). The number of amides is 1. The van der Waals surface area contributed by atoms with Crippen molar-refractivity contribution in [2.75, 3.05) is 13.2 Å². The van der Waals surface area contributed by atoms with Crippen molar-refractivity contribution in [1.29, 1.82) is 0 Å². The molecular weight excluding hydrogens is 385 g/mol. The Morgan fingerprint density at radius 1 is 1.17 bits per heavy atom. The highest BCUT2D eigenvalue weighted by Crippen LogP contribution is 2.17. The summed E-state index contributed by atoms with van der Waals surface area (Å²) in [7, 11) is 0. The molecule has 158 valence electrons. The fourth-order valence-corrected chi connectivity index (χ4v) is 3.01. The van der Waals surface area contributed by atoms with Gasteiger partial charge in [0, 0.05) is 24.6 Å². The van der Waals surface area contributed by atoms with E-state index in [1.54, 1.807) is 17.0 Å². The molecule has 0 aliphatic carbocycles. The molecule has 1 heterocycles. The van der Waals surface area contributed by atoms with E-state index in [0.717, 1.165) is 12.0 Å². The zero-order valence-corrected chi connectivity index (χ0v) is 17.3. The molecule has 1 amide bonds. The Morgan fingerprint density at radius 2 is 1.90 bits per heavy atom. The number of nitrogens with zero attached hydrogens (tertiary/aromatic N) is 3. The topological polar surface area (TPSA) is 68.5 Å². The van der Waals surface area contributed by atoms with E-state index in [0.29, 0.717) is 36.9 Å². The zero-order valence-electron chi connectivity index (χ0n) is 17.3. The smallest absolute Gasteiger partial charge is 0.248 e. The zero-order chi connectivity index (χ0) is 21.3. The molecule has 1 unspecified atom stereocenters. The summed E-state index contributed by atoms with van der Waals surface area (Å²) in [6.07, 6.45) is 1.26. The van der Waals surface area contributed by atoms with Gasteiger partial charge in [-0.25, -0.2) is 4.39 Å². The number of carbonyl (C=O) groups is 1. The second kappa shape index (κ2) is 10.6. The number of rotatable bonds is 10. The average Bonchev–Trinajstić information content (AvgIpc) is 3.24. The van der Waals surface area contributed by atoms with Crippen LogP contribution < -0.4 is 0 Å². The maximum atomic E-state index is 13.1. The van der Waals surface area contributed by atoms with E-state index < -0.39 is 0 Å². The van der Waals surface area contributed by atoms with E-state index in [4.69, 9.17) is 9.26 Å². The molecule has 3 aromatic rings. The minimum Gasteiger partial charge on any atom is -0.367 e. The summed E-state index contributed by atoms with van der Waals surface area (Å²) in [4.78, 5) is 18.9. The Labute approximate surface area is 175 Å². The van der Waals surface area contributed by atoms with Crippen LogP contribution in [0.1, 0.15) is 31.7 Å². The van der Waals surface area contributed by atoms with Gasteiger partial charge < -0.3 is 14.2 Å². The molecule has 0 aliphatic rings. The lowest BCUT2D eigenvalue weighted by Crippen LogP contribution is -2.41. The van der Waals surface area contributed by atoms with Crippen LogP contribution in [0.15, 0.2) is 59.1 Å². The van der Waals surface area contributed by atoms with Crippen molar-refractivity contribution < 1.29 is 18.4 Å². The molecule has 0 saturated carbocycles. The predicted octanol–water partition coefficient (Wildman–Crippen LogP) is 4.26. The fraction of sp³-hybridized carbons (Fsp3) is 0.348. The molecule has 1 aromatic heterocycles. The molecule has 0 bridgehead atoms. The van der Waals surface area contributed by atoms with Crippen molar-refractivity contribution in [2.45, 2.75) is 39.3 Å². The maximum Gasteiger partial charge on any atom is 0.248 e. The minimum atomic E-state index is -0.320. The molecule has 0 spiro atoms. The summed E-state index contributed by atoms with van der Waals surface area (Å²) >= 11 is 0. The first kappa shape index (κ1) is 21.6. The molecule has 1 atom stereocenters.